The third-order valence-electron chi connectivity index (χ3n) is 4.41. The Bertz CT molecular complexity index is 1070. The van der Waals surface area contributed by atoms with Crippen LogP contribution in [0.15, 0.2) is 60.4 Å². The van der Waals surface area contributed by atoms with E-state index in [0.717, 1.165) is 11.0 Å². The molecule has 1 aliphatic heterocycles. The highest BCUT2D eigenvalue weighted by Crippen LogP contribution is 2.41. The molecule has 8 heteroatoms. The van der Waals surface area contributed by atoms with Crippen molar-refractivity contribution in [2.45, 2.75) is 13.0 Å². The number of amides is 1. The number of aliphatic hydroxyl groups is 1. The van der Waals surface area contributed by atoms with Gasteiger partial charge in [0.2, 0.25) is 0 Å². The first-order valence-electron chi connectivity index (χ1n) is 7.87. The lowest BCUT2D eigenvalue weighted by molar-refractivity contribution is -0.605. The smallest absolute Gasteiger partial charge is 0.294 e. The van der Waals surface area contributed by atoms with Gasteiger partial charge in [0.15, 0.2) is 23.9 Å². The molecule has 1 atom stereocenters. The average molecular weight is 350 g/mol. The van der Waals surface area contributed by atoms with Crippen LogP contribution in [0.3, 0.4) is 0 Å². The molecule has 0 radical (unpaired) electrons. The number of anilines is 1. The quantitative estimate of drug-likeness (QED) is 0.551. The van der Waals surface area contributed by atoms with E-state index in [0.29, 0.717) is 16.0 Å². The number of fused-ring (bicyclic) bond motifs is 1. The Hall–Kier alpha value is -3.68. The summed E-state index contributed by atoms with van der Waals surface area (Å²) in [5.41, 5.74) is 2.49. The first-order valence-corrected chi connectivity index (χ1v) is 7.87. The van der Waals surface area contributed by atoms with Gasteiger partial charge in [0.25, 0.3) is 5.91 Å². The fraction of sp³-hybridized carbons (Fsp3) is 0.111. The first-order chi connectivity index (χ1) is 12.5. The van der Waals surface area contributed by atoms with Crippen LogP contribution in [0.4, 0.5) is 5.69 Å². The zero-order valence-electron chi connectivity index (χ0n) is 13.7. The molecule has 1 aliphatic rings. The second-order valence-electron chi connectivity index (χ2n) is 5.99. The number of benzene rings is 1. The van der Waals surface area contributed by atoms with E-state index in [9.17, 15) is 19.9 Å². The first kappa shape index (κ1) is 15.8. The number of H-pyrrole nitrogens is 1. The van der Waals surface area contributed by atoms with Gasteiger partial charge in [-0.15, -0.1) is 0 Å². The van der Waals surface area contributed by atoms with Crippen molar-refractivity contribution in [3.05, 3.63) is 71.2 Å². The van der Waals surface area contributed by atoms with Crippen molar-refractivity contribution in [3.8, 4) is 0 Å². The number of pyridine rings is 1. The fourth-order valence-electron chi connectivity index (χ4n) is 3.23. The minimum absolute atomic E-state index is 0.00311. The number of ketones is 1. The Labute approximate surface area is 147 Å². The van der Waals surface area contributed by atoms with E-state index >= 15 is 0 Å². The summed E-state index contributed by atoms with van der Waals surface area (Å²) in [5.74, 6) is -1.66. The molecule has 0 saturated heterocycles. The normalized spacial score (nSPS) is 17.3. The monoisotopic (exact) mass is 350 g/mol. The highest BCUT2D eigenvalue weighted by atomic mass is 16.5. The number of hydrogen-bond donors (Lipinski definition) is 2. The molecular formula is C18H14N4O4. The van der Waals surface area contributed by atoms with Crippen LogP contribution in [-0.2, 0) is 9.59 Å². The maximum Gasteiger partial charge on any atom is 0.294 e. The fourth-order valence-corrected chi connectivity index (χ4v) is 3.23. The van der Waals surface area contributed by atoms with Crippen molar-refractivity contribution in [2.75, 3.05) is 4.90 Å². The van der Waals surface area contributed by atoms with Crippen molar-refractivity contribution in [1.29, 1.82) is 0 Å². The zero-order valence-corrected chi connectivity index (χ0v) is 13.7. The third-order valence-corrected chi connectivity index (χ3v) is 4.41. The largest absolute Gasteiger partial charge is 0.619 e. The van der Waals surface area contributed by atoms with Gasteiger partial charge in [-0.05, 0) is 30.7 Å². The van der Waals surface area contributed by atoms with E-state index in [4.69, 9.17) is 0 Å². The molecular weight excluding hydrogens is 336 g/mol. The molecule has 2 N–H and O–H groups in total. The summed E-state index contributed by atoms with van der Waals surface area (Å²) in [7, 11) is 0. The molecule has 0 spiro atoms. The molecule has 0 bridgehead atoms. The van der Waals surface area contributed by atoms with Crippen LogP contribution in [-0.4, -0.2) is 26.8 Å². The molecule has 130 valence electrons. The lowest BCUT2D eigenvalue weighted by Crippen LogP contribution is -2.32. The average Bonchev–Trinajstić information content (AvgIpc) is 3.18. The lowest BCUT2D eigenvalue weighted by atomic mass is 9.97. The maximum absolute atomic E-state index is 12.7. The summed E-state index contributed by atoms with van der Waals surface area (Å²) in [6.07, 6.45) is 4.10. The second-order valence-corrected chi connectivity index (χ2v) is 5.99. The van der Waals surface area contributed by atoms with Gasteiger partial charge in [0, 0.05) is 17.8 Å². The van der Waals surface area contributed by atoms with Gasteiger partial charge in [-0.1, -0.05) is 0 Å². The van der Waals surface area contributed by atoms with Crippen LogP contribution in [0.2, 0.25) is 0 Å². The van der Waals surface area contributed by atoms with Crippen LogP contribution in [0.1, 0.15) is 18.5 Å². The van der Waals surface area contributed by atoms with Crippen molar-refractivity contribution in [1.82, 2.24) is 9.97 Å². The Kier molecular flexibility index (Phi) is 3.47. The van der Waals surface area contributed by atoms with E-state index in [2.05, 4.69) is 9.97 Å². The number of nitrogens with one attached hydrogen (secondary N) is 1. The van der Waals surface area contributed by atoms with Gasteiger partial charge in [-0.2, -0.15) is 4.73 Å². The molecule has 26 heavy (non-hydrogen) atoms. The van der Waals surface area contributed by atoms with E-state index in [1.807, 2.05) is 0 Å². The van der Waals surface area contributed by atoms with E-state index in [1.54, 1.807) is 24.5 Å². The highest BCUT2D eigenvalue weighted by Gasteiger charge is 2.43. The number of nitrogens with zero attached hydrogens (tertiary/aromatic N) is 3. The summed E-state index contributed by atoms with van der Waals surface area (Å²) in [5, 5.41) is 21.6. The molecule has 3 heterocycles. The molecule has 0 aliphatic carbocycles. The number of carbonyl (C=O) groups is 2. The van der Waals surface area contributed by atoms with Crippen LogP contribution >= 0.6 is 0 Å². The zero-order chi connectivity index (χ0) is 18.4. The summed E-state index contributed by atoms with van der Waals surface area (Å²) in [6, 6.07) is 7.39. The van der Waals surface area contributed by atoms with Crippen LogP contribution in [0.25, 0.3) is 11.0 Å². The molecule has 0 saturated carbocycles. The van der Waals surface area contributed by atoms with E-state index in [1.165, 1.54) is 36.4 Å². The van der Waals surface area contributed by atoms with Gasteiger partial charge in [-0.25, -0.2) is 4.98 Å². The van der Waals surface area contributed by atoms with Gasteiger partial charge >= 0.3 is 0 Å². The Balaban J connectivity index is 1.89. The summed E-state index contributed by atoms with van der Waals surface area (Å²) in [6.45, 7) is 1.30. The SMILES string of the molecule is CC(=O)C1=C(O)C(=O)N(c2ccc3nc[nH]c3c2)C1c1cc[n+]([O-])cc1. The second kappa shape index (κ2) is 5.69. The predicted octanol–water partition coefficient (Wildman–Crippen LogP) is 1.69. The lowest BCUT2D eigenvalue weighted by Gasteiger charge is -2.26. The molecule has 0 fully saturated rings. The molecule has 2 aromatic heterocycles. The Morgan fingerprint density at radius 1 is 1.31 bits per heavy atom. The number of hydrogen-bond acceptors (Lipinski definition) is 5. The topological polar surface area (TPSA) is 113 Å². The van der Waals surface area contributed by atoms with Crippen molar-refractivity contribution in [3.63, 3.8) is 0 Å². The number of carbonyl (C=O) groups excluding carboxylic acids is 2. The van der Waals surface area contributed by atoms with Crippen molar-refractivity contribution in [2.24, 2.45) is 0 Å². The number of aromatic amines is 1. The standard InChI is InChI=1S/C18H14N4O4/c1-10(23)15-16(11-4-6-21(26)7-5-11)22(18(25)17(15)24)12-2-3-13-14(8-12)20-9-19-13/h2-9,16,24H,1H3,(H,19,20). The van der Waals surface area contributed by atoms with Crippen molar-refractivity contribution < 1.29 is 19.4 Å². The van der Waals surface area contributed by atoms with Gasteiger partial charge in [-0.3, -0.25) is 14.5 Å². The summed E-state index contributed by atoms with van der Waals surface area (Å²) >= 11 is 0. The van der Waals surface area contributed by atoms with Crippen molar-refractivity contribution >= 4 is 28.4 Å². The molecule has 1 aromatic carbocycles. The van der Waals surface area contributed by atoms with Crippen LogP contribution < -0.4 is 9.63 Å². The molecule has 1 amide bonds. The molecule has 1 unspecified atom stereocenters. The number of rotatable bonds is 3. The van der Waals surface area contributed by atoms with Gasteiger partial charge < -0.3 is 15.3 Å². The van der Waals surface area contributed by atoms with E-state index < -0.39 is 23.5 Å². The number of aliphatic hydroxyl groups excluding tert-OH is 1. The highest BCUT2D eigenvalue weighted by molar-refractivity contribution is 6.16. The molecule has 8 nitrogen and oxygen atoms in total. The molecule has 4 rings (SSSR count). The third kappa shape index (κ3) is 2.31. The number of Topliss-reactive ketones (excluding diaryl/α,β-unsaturated/α-hetero) is 1. The number of aromatic nitrogens is 3. The summed E-state index contributed by atoms with van der Waals surface area (Å²) < 4.78 is 0.609. The maximum atomic E-state index is 12.7. The van der Waals surface area contributed by atoms with Gasteiger partial charge in [0.05, 0.1) is 29.0 Å². The minimum atomic E-state index is -0.818. The summed E-state index contributed by atoms with van der Waals surface area (Å²) in [4.78, 5) is 33.3. The van der Waals surface area contributed by atoms with Crippen LogP contribution in [0, 0.1) is 5.21 Å². The van der Waals surface area contributed by atoms with Crippen LogP contribution in [0.5, 0.6) is 0 Å². The Morgan fingerprint density at radius 3 is 2.73 bits per heavy atom. The molecule has 3 aromatic rings. The van der Waals surface area contributed by atoms with E-state index in [-0.39, 0.29) is 5.57 Å². The Morgan fingerprint density at radius 2 is 2.04 bits per heavy atom. The number of imidazole rings is 1. The van der Waals surface area contributed by atoms with Gasteiger partial charge in [0.1, 0.15) is 0 Å². The predicted molar refractivity (Wildman–Crippen MR) is 92.1 cm³/mol. The minimum Gasteiger partial charge on any atom is -0.619 e.